The Bertz CT molecular complexity index is 715. The molecule has 0 saturated carbocycles. The first kappa shape index (κ1) is 15.5. The maximum Gasteiger partial charge on any atom is 0.449 e. The van der Waals surface area contributed by atoms with Gasteiger partial charge in [0, 0.05) is 31.0 Å². The second kappa shape index (κ2) is 5.65. The number of hydrogen-bond donors (Lipinski definition) is 1. The molecule has 9 heteroatoms. The first-order valence-corrected chi connectivity index (χ1v) is 6.86. The summed E-state index contributed by atoms with van der Waals surface area (Å²) < 4.78 is 39.5. The number of imidazole rings is 1. The smallest absolute Gasteiger partial charge is 0.378 e. The highest BCUT2D eigenvalue weighted by molar-refractivity contribution is 5.82. The molecule has 1 atom stereocenters. The van der Waals surface area contributed by atoms with Gasteiger partial charge in [-0.1, -0.05) is 6.07 Å². The normalized spacial score (nSPS) is 16.1. The van der Waals surface area contributed by atoms with Gasteiger partial charge >= 0.3 is 6.18 Å². The number of halogens is 3. The van der Waals surface area contributed by atoms with Crippen LogP contribution in [-0.4, -0.2) is 37.0 Å². The number of hydrogen-bond acceptors (Lipinski definition) is 4. The van der Waals surface area contributed by atoms with E-state index in [4.69, 9.17) is 0 Å². The topological polar surface area (TPSA) is 71.2 Å². The molecule has 6 nitrogen and oxygen atoms in total. The van der Waals surface area contributed by atoms with Crippen LogP contribution < -0.4 is 0 Å². The first-order valence-electron chi connectivity index (χ1n) is 6.86. The molecule has 1 aliphatic rings. The predicted octanol–water partition coefficient (Wildman–Crippen LogP) is 1.37. The van der Waals surface area contributed by atoms with Crippen molar-refractivity contribution >= 4 is 5.91 Å². The second-order valence-electron chi connectivity index (χ2n) is 5.17. The third-order valence-corrected chi connectivity index (χ3v) is 3.68. The maximum atomic E-state index is 12.8. The number of pyridine rings is 1. The van der Waals surface area contributed by atoms with Crippen molar-refractivity contribution in [2.24, 2.45) is 0 Å². The molecule has 0 aromatic carbocycles. The van der Waals surface area contributed by atoms with E-state index in [1.807, 2.05) is 0 Å². The van der Waals surface area contributed by atoms with Crippen LogP contribution in [0.15, 0.2) is 30.7 Å². The lowest BCUT2D eigenvalue weighted by molar-refractivity contribution is -0.148. The van der Waals surface area contributed by atoms with Crippen LogP contribution in [0.5, 0.6) is 0 Å². The van der Waals surface area contributed by atoms with E-state index in [0.717, 1.165) is 10.8 Å². The van der Waals surface area contributed by atoms with Crippen LogP contribution in [-0.2, 0) is 24.1 Å². The third-order valence-electron chi connectivity index (χ3n) is 3.68. The Morgan fingerprint density at radius 2 is 2.09 bits per heavy atom. The zero-order valence-electron chi connectivity index (χ0n) is 11.9. The number of fused-ring (bicyclic) bond motifs is 1. The Morgan fingerprint density at radius 3 is 2.74 bits per heavy atom. The quantitative estimate of drug-likeness (QED) is 0.905. The Labute approximate surface area is 129 Å². The SMILES string of the molecule is O=C([C@H](O)c1cccnc1)N1CCn2c(cnc2C(F)(F)F)C1. The minimum absolute atomic E-state index is 0.0182. The molecule has 0 radical (unpaired) electrons. The molecule has 2 aromatic heterocycles. The molecule has 0 spiro atoms. The molecule has 3 rings (SSSR count). The van der Waals surface area contributed by atoms with Crippen LogP contribution in [0.4, 0.5) is 13.2 Å². The number of carbonyl (C=O) groups is 1. The third kappa shape index (κ3) is 2.91. The van der Waals surface area contributed by atoms with Gasteiger partial charge in [-0.15, -0.1) is 0 Å². The van der Waals surface area contributed by atoms with Gasteiger partial charge in [0.1, 0.15) is 0 Å². The van der Waals surface area contributed by atoms with Crippen molar-refractivity contribution in [2.45, 2.75) is 25.4 Å². The molecular weight excluding hydrogens is 313 g/mol. The van der Waals surface area contributed by atoms with Crippen molar-refractivity contribution in [1.29, 1.82) is 0 Å². The van der Waals surface area contributed by atoms with Crippen molar-refractivity contribution in [3.63, 3.8) is 0 Å². The van der Waals surface area contributed by atoms with Crippen molar-refractivity contribution in [1.82, 2.24) is 19.4 Å². The van der Waals surface area contributed by atoms with E-state index in [1.54, 1.807) is 12.1 Å². The molecule has 2 aromatic rings. The number of alkyl halides is 3. The number of rotatable bonds is 2. The Hall–Kier alpha value is -2.42. The van der Waals surface area contributed by atoms with E-state index in [9.17, 15) is 23.1 Å². The minimum atomic E-state index is -4.53. The van der Waals surface area contributed by atoms with Gasteiger partial charge in [0.15, 0.2) is 6.10 Å². The van der Waals surface area contributed by atoms with Crippen LogP contribution in [0.25, 0.3) is 0 Å². The van der Waals surface area contributed by atoms with E-state index in [0.29, 0.717) is 5.56 Å². The summed E-state index contributed by atoms with van der Waals surface area (Å²) >= 11 is 0. The maximum absolute atomic E-state index is 12.8. The van der Waals surface area contributed by atoms with Gasteiger partial charge in [0.25, 0.3) is 5.91 Å². The van der Waals surface area contributed by atoms with E-state index in [2.05, 4.69) is 9.97 Å². The van der Waals surface area contributed by atoms with Crippen molar-refractivity contribution in [3.05, 3.63) is 47.8 Å². The van der Waals surface area contributed by atoms with Crippen LogP contribution in [0.2, 0.25) is 0 Å². The average molecular weight is 326 g/mol. The fourth-order valence-corrected chi connectivity index (χ4v) is 2.55. The molecule has 3 heterocycles. The van der Waals surface area contributed by atoms with Crippen molar-refractivity contribution < 1.29 is 23.1 Å². The number of aliphatic hydroxyl groups is 1. The summed E-state index contributed by atoms with van der Waals surface area (Å²) in [6, 6.07) is 3.15. The molecule has 1 amide bonds. The Morgan fingerprint density at radius 1 is 1.30 bits per heavy atom. The number of nitrogens with zero attached hydrogens (tertiary/aromatic N) is 4. The zero-order valence-corrected chi connectivity index (χ0v) is 11.9. The highest BCUT2D eigenvalue weighted by Crippen LogP contribution is 2.30. The highest BCUT2D eigenvalue weighted by atomic mass is 19.4. The number of aliphatic hydroxyl groups excluding tert-OH is 1. The summed E-state index contributed by atoms with van der Waals surface area (Å²) in [5.74, 6) is -1.54. The lowest BCUT2D eigenvalue weighted by Gasteiger charge is -2.30. The van der Waals surface area contributed by atoms with Crippen molar-refractivity contribution in [3.8, 4) is 0 Å². The molecule has 0 fully saturated rings. The van der Waals surface area contributed by atoms with E-state index < -0.39 is 24.0 Å². The van der Waals surface area contributed by atoms with Crippen LogP contribution in [0.1, 0.15) is 23.2 Å². The minimum Gasteiger partial charge on any atom is -0.378 e. The summed E-state index contributed by atoms with van der Waals surface area (Å²) in [4.78, 5) is 20.8. The van der Waals surface area contributed by atoms with Gasteiger partial charge in [-0.05, 0) is 6.07 Å². The fraction of sp³-hybridized carbons (Fsp3) is 0.357. The average Bonchev–Trinajstić information content (AvgIpc) is 2.97. The van der Waals surface area contributed by atoms with Crippen molar-refractivity contribution in [2.75, 3.05) is 6.54 Å². The molecule has 0 aliphatic carbocycles. The van der Waals surface area contributed by atoms with Crippen LogP contribution in [0.3, 0.4) is 0 Å². The molecule has 0 unspecified atom stereocenters. The van der Waals surface area contributed by atoms with E-state index >= 15 is 0 Å². The Kier molecular flexibility index (Phi) is 3.80. The fourth-order valence-electron chi connectivity index (χ4n) is 2.55. The molecule has 1 aliphatic heterocycles. The number of carbonyl (C=O) groups excluding carboxylic acids is 1. The highest BCUT2D eigenvalue weighted by Gasteiger charge is 2.39. The number of aromatic nitrogens is 3. The van der Waals surface area contributed by atoms with Gasteiger partial charge in [0.05, 0.1) is 18.4 Å². The summed E-state index contributed by atoms with van der Waals surface area (Å²) in [5, 5.41) is 10.1. The molecular formula is C14H13F3N4O2. The summed E-state index contributed by atoms with van der Waals surface area (Å²) in [7, 11) is 0. The van der Waals surface area contributed by atoms with Gasteiger partial charge < -0.3 is 14.6 Å². The summed E-state index contributed by atoms with van der Waals surface area (Å²) in [6.45, 7) is 0.0253. The molecule has 122 valence electrons. The predicted molar refractivity (Wildman–Crippen MR) is 71.8 cm³/mol. The van der Waals surface area contributed by atoms with E-state index in [1.165, 1.54) is 17.3 Å². The van der Waals surface area contributed by atoms with Gasteiger partial charge in [-0.3, -0.25) is 9.78 Å². The summed E-state index contributed by atoms with van der Waals surface area (Å²) in [5.41, 5.74) is 0.628. The summed E-state index contributed by atoms with van der Waals surface area (Å²) in [6.07, 6.45) is -1.92. The largest absolute Gasteiger partial charge is 0.449 e. The monoisotopic (exact) mass is 326 g/mol. The van der Waals surface area contributed by atoms with Crippen LogP contribution in [0, 0.1) is 0 Å². The molecule has 23 heavy (non-hydrogen) atoms. The molecule has 0 bridgehead atoms. The molecule has 1 N–H and O–H groups in total. The molecule has 0 saturated heterocycles. The van der Waals surface area contributed by atoms with Gasteiger partial charge in [-0.2, -0.15) is 13.2 Å². The number of amides is 1. The zero-order chi connectivity index (χ0) is 16.6. The van der Waals surface area contributed by atoms with Gasteiger partial charge in [-0.25, -0.2) is 4.98 Å². The standard InChI is InChI=1S/C14H13F3N4O2/c15-14(16,17)13-19-7-10-8-20(4-5-21(10)13)12(23)11(22)9-2-1-3-18-6-9/h1-3,6-7,11,22H,4-5,8H2/t11-/m1/s1. The van der Waals surface area contributed by atoms with E-state index in [-0.39, 0.29) is 25.3 Å². The Balaban J connectivity index is 1.77. The van der Waals surface area contributed by atoms with Gasteiger partial charge in [0.2, 0.25) is 5.82 Å². The van der Waals surface area contributed by atoms with Crippen LogP contribution >= 0.6 is 0 Å². The second-order valence-corrected chi connectivity index (χ2v) is 5.17. The lowest BCUT2D eigenvalue weighted by Crippen LogP contribution is -2.41. The first-order chi connectivity index (χ1) is 10.9. The lowest BCUT2D eigenvalue weighted by atomic mass is 10.1.